The summed E-state index contributed by atoms with van der Waals surface area (Å²) in [5.41, 5.74) is 0.713. The topological polar surface area (TPSA) is 57.8 Å². The van der Waals surface area contributed by atoms with Crippen LogP contribution in [0.4, 0.5) is 5.82 Å². The number of benzene rings is 1. The molecule has 0 aliphatic rings. The number of aromatic nitrogens is 2. The van der Waals surface area contributed by atoms with Gasteiger partial charge in [0.05, 0.1) is 14.5 Å². The predicted molar refractivity (Wildman–Crippen MR) is 113 cm³/mol. The van der Waals surface area contributed by atoms with E-state index in [1.54, 1.807) is 6.20 Å². The normalized spacial score (nSPS) is 13.4. The zero-order valence-corrected chi connectivity index (χ0v) is 17.7. The first-order valence-electron chi connectivity index (χ1n) is 7.75. The van der Waals surface area contributed by atoms with Crippen LogP contribution in [0.2, 0.25) is 0 Å². The lowest BCUT2D eigenvalue weighted by molar-refractivity contribution is 0.359. The second-order valence-electron chi connectivity index (χ2n) is 7.07. The average molecular weight is 500 g/mol. The summed E-state index contributed by atoms with van der Waals surface area (Å²) in [7, 11) is 0. The molecule has 3 rings (SSSR count). The summed E-state index contributed by atoms with van der Waals surface area (Å²) < 4.78 is 1.87. The Morgan fingerprint density at radius 1 is 1.29 bits per heavy atom. The van der Waals surface area contributed by atoms with Gasteiger partial charge in [0, 0.05) is 27.5 Å². The van der Waals surface area contributed by atoms with Gasteiger partial charge in [-0.2, -0.15) is 0 Å². The third-order valence-electron chi connectivity index (χ3n) is 4.40. The van der Waals surface area contributed by atoms with Crippen LogP contribution in [0.3, 0.4) is 0 Å². The molecule has 1 unspecified atom stereocenters. The molecule has 2 aromatic heterocycles. The second kappa shape index (κ2) is 6.29. The SMILES string of the molecule is CC(Nc1nc2c(I)c[nH]c(=O)c2c2cc(Br)ccc12)C(C)(C)C. The number of H-pyrrole nitrogens is 1. The molecule has 126 valence electrons. The Morgan fingerprint density at radius 3 is 2.67 bits per heavy atom. The van der Waals surface area contributed by atoms with E-state index < -0.39 is 0 Å². The molecule has 4 nitrogen and oxygen atoms in total. The van der Waals surface area contributed by atoms with E-state index in [1.807, 2.05) is 18.2 Å². The standard InChI is InChI=1S/C18H19BrIN3O/c1-9(18(2,3)4)22-16-11-6-5-10(19)7-12(11)14-15(23-16)13(20)8-21-17(14)24/h5-9H,1-4H3,(H,21,24)(H,22,23). The molecule has 3 aromatic rings. The van der Waals surface area contributed by atoms with Crippen molar-refractivity contribution in [2.45, 2.75) is 33.7 Å². The van der Waals surface area contributed by atoms with Gasteiger partial charge in [0.25, 0.3) is 5.56 Å². The molecule has 0 aliphatic heterocycles. The van der Waals surface area contributed by atoms with E-state index in [1.165, 1.54) is 0 Å². The largest absolute Gasteiger partial charge is 0.367 e. The molecule has 2 N–H and O–H groups in total. The van der Waals surface area contributed by atoms with E-state index in [-0.39, 0.29) is 17.0 Å². The smallest absolute Gasteiger partial charge is 0.258 e. The van der Waals surface area contributed by atoms with Crippen molar-refractivity contribution in [2.75, 3.05) is 5.32 Å². The number of fused-ring (bicyclic) bond motifs is 3. The first-order valence-corrected chi connectivity index (χ1v) is 9.62. The average Bonchev–Trinajstić information content (AvgIpc) is 2.49. The Balaban J connectivity index is 2.37. The predicted octanol–water partition coefficient (Wildman–Crippen LogP) is 5.29. The van der Waals surface area contributed by atoms with Gasteiger partial charge in [-0.15, -0.1) is 0 Å². The van der Waals surface area contributed by atoms with Crippen molar-refractivity contribution >= 4 is 66.0 Å². The monoisotopic (exact) mass is 499 g/mol. The minimum absolute atomic E-state index is 0.0969. The summed E-state index contributed by atoms with van der Waals surface area (Å²) in [5, 5.41) is 6.03. The van der Waals surface area contributed by atoms with E-state index in [0.29, 0.717) is 5.39 Å². The van der Waals surface area contributed by atoms with Crippen LogP contribution in [-0.4, -0.2) is 16.0 Å². The van der Waals surface area contributed by atoms with Crippen molar-refractivity contribution in [3.05, 3.63) is 42.8 Å². The molecule has 0 fully saturated rings. The maximum Gasteiger partial charge on any atom is 0.258 e. The molecule has 0 bridgehead atoms. The minimum atomic E-state index is -0.114. The quantitative estimate of drug-likeness (QED) is 0.372. The molecule has 1 aromatic carbocycles. The Labute approximate surface area is 162 Å². The van der Waals surface area contributed by atoms with Gasteiger partial charge in [0.1, 0.15) is 5.82 Å². The fourth-order valence-corrected chi connectivity index (χ4v) is 3.40. The van der Waals surface area contributed by atoms with E-state index in [0.717, 1.165) is 30.1 Å². The fourth-order valence-electron chi connectivity index (χ4n) is 2.49. The van der Waals surface area contributed by atoms with E-state index in [2.05, 4.69) is 76.5 Å². The van der Waals surface area contributed by atoms with Crippen molar-refractivity contribution < 1.29 is 0 Å². The molecular weight excluding hydrogens is 481 g/mol. The molecule has 0 amide bonds. The summed E-state index contributed by atoms with van der Waals surface area (Å²) in [4.78, 5) is 20.0. The Morgan fingerprint density at radius 2 is 2.00 bits per heavy atom. The number of hydrogen-bond donors (Lipinski definition) is 2. The van der Waals surface area contributed by atoms with Gasteiger partial charge in [-0.1, -0.05) is 36.7 Å². The Bertz CT molecular complexity index is 991. The molecule has 2 heterocycles. The summed E-state index contributed by atoms with van der Waals surface area (Å²) in [6.45, 7) is 8.73. The highest BCUT2D eigenvalue weighted by molar-refractivity contribution is 14.1. The molecule has 24 heavy (non-hydrogen) atoms. The van der Waals surface area contributed by atoms with E-state index in [9.17, 15) is 4.79 Å². The zero-order valence-electron chi connectivity index (χ0n) is 14.0. The molecule has 1 atom stereocenters. The van der Waals surface area contributed by atoms with Gasteiger partial charge in [-0.3, -0.25) is 4.79 Å². The zero-order chi connectivity index (χ0) is 17.6. The van der Waals surface area contributed by atoms with Gasteiger partial charge >= 0.3 is 0 Å². The lowest BCUT2D eigenvalue weighted by Gasteiger charge is -2.29. The molecular formula is C18H19BrIN3O. The van der Waals surface area contributed by atoms with Gasteiger partial charge in [0.2, 0.25) is 0 Å². The summed E-state index contributed by atoms with van der Waals surface area (Å²) >= 11 is 5.72. The van der Waals surface area contributed by atoms with Crippen LogP contribution in [-0.2, 0) is 0 Å². The van der Waals surface area contributed by atoms with E-state index >= 15 is 0 Å². The number of nitrogens with zero attached hydrogens (tertiary/aromatic N) is 1. The Hall–Kier alpha value is -1.15. The first-order chi connectivity index (χ1) is 11.2. The first kappa shape index (κ1) is 17.7. The molecule has 6 heteroatoms. The molecule has 0 saturated heterocycles. The molecule has 0 aliphatic carbocycles. The van der Waals surface area contributed by atoms with Crippen LogP contribution in [0.5, 0.6) is 0 Å². The lowest BCUT2D eigenvalue weighted by Crippen LogP contribution is -2.31. The van der Waals surface area contributed by atoms with Gasteiger partial charge in [-0.25, -0.2) is 4.98 Å². The third-order valence-corrected chi connectivity index (χ3v) is 5.72. The van der Waals surface area contributed by atoms with Crippen LogP contribution in [0.1, 0.15) is 27.7 Å². The third kappa shape index (κ3) is 3.18. The van der Waals surface area contributed by atoms with Crippen LogP contribution in [0.25, 0.3) is 21.7 Å². The second-order valence-corrected chi connectivity index (χ2v) is 9.15. The minimum Gasteiger partial charge on any atom is -0.367 e. The van der Waals surface area contributed by atoms with Crippen LogP contribution in [0, 0.1) is 8.99 Å². The lowest BCUT2D eigenvalue weighted by atomic mass is 9.88. The molecule has 0 spiro atoms. The van der Waals surface area contributed by atoms with Gasteiger partial charge in [-0.05, 0) is 53.1 Å². The summed E-state index contributed by atoms with van der Waals surface area (Å²) in [6, 6.07) is 6.19. The summed E-state index contributed by atoms with van der Waals surface area (Å²) in [5.74, 6) is 0.816. The van der Waals surface area contributed by atoms with Crippen molar-refractivity contribution in [1.29, 1.82) is 0 Å². The number of aromatic amines is 1. The number of anilines is 1. The number of rotatable bonds is 2. The highest BCUT2D eigenvalue weighted by atomic mass is 127. The highest BCUT2D eigenvalue weighted by Crippen LogP contribution is 2.33. The summed E-state index contributed by atoms with van der Waals surface area (Å²) in [6.07, 6.45) is 1.71. The fraction of sp³-hybridized carbons (Fsp3) is 0.333. The molecule has 0 saturated carbocycles. The highest BCUT2D eigenvalue weighted by Gasteiger charge is 2.22. The maximum atomic E-state index is 12.4. The number of hydrogen-bond acceptors (Lipinski definition) is 3. The van der Waals surface area contributed by atoms with Crippen molar-refractivity contribution in [3.63, 3.8) is 0 Å². The van der Waals surface area contributed by atoms with Crippen LogP contribution < -0.4 is 10.9 Å². The van der Waals surface area contributed by atoms with Crippen LogP contribution >= 0.6 is 38.5 Å². The number of halogens is 2. The number of pyridine rings is 2. The molecule has 0 radical (unpaired) electrons. The van der Waals surface area contributed by atoms with Gasteiger partial charge < -0.3 is 10.3 Å². The number of nitrogens with one attached hydrogen (secondary N) is 2. The van der Waals surface area contributed by atoms with Crippen molar-refractivity contribution in [3.8, 4) is 0 Å². The van der Waals surface area contributed by atoms with Crippen molar-refractivity contribution in [2.24, 2.45) is 5.41 Å². The van der Waals surface area contributed by atoms with Crippen molar-refractivity contribution in [1.82, 2.24) is 9.97 Å². The maximum absolute atomic E-state index is 12.4. The van der Waals surface area contributed by atoms with E-state index in [4.69, 9.17) is 4.98 Å². The van der Waals surface area contributed by atoms with Crippen LogP contribution in [0.15, 0.2) is 33.7 Å². The Kier molecular flexibility index (Phi) is 4.63. The van der Waals surface area contributed by atoms with Gasteiger partial charge in [0.15, 0.2) is 0 Å².